The van der Waals surface area contributed by atoms with Gasteiger partial charge in [-0.2, -0.15) is 0 Å². The molecule has 2 fully saturated rings. The van der Waals surface area contributed by atoms with Crippen LogP contribution in [0.3, 0.4) is 0 Å². The first kappa shape index (κ1) is 16.3. The lowest BCUT2D eigenvalue weighted by atomic mass is 9.70. The van der Waals surface area contributed by atoms with Gasteiger partial charge in [-0.3, -0.25) is 0 Å². The Morgan fingerprint density at radius 2 is 1.80 bits per heavy atom. The van der Waals surface area contributed by atoms with Crippen LogP contribution < -0.4 is 5.32 Å². The van der Waals surface area contributed by atoms with Crippen molar-refractivity contribution in [2.24, 2.45) is 17.3 Å². The number of hydrogen-bond acceptors (Lipinski definition) is 2. The summed E-state index contributed by atoms with van der Waals surface area (Å²) in [5, 5.41) is 3.73. The predicted molar refractivity (Wildman–Crippen MR) is 88.0 cm³/mol. The van der Waals surface area contributed by atoms with E-state index in [4.69, 9.17) is 0 Å². The van der Waals surface area contributed by atoms with E-state index in [0.717, 1.165) is 11.8 Å². The minimum Gasteiger partial charge on any atom is -0.314 e. The third kappa shape index (κ3) is 4.73. The molecule has 0 aliphatic heterocycles. The van der Waals surface area contributed by atoms with Crippen LogP contribution >= 0.6 is 0 Å². The highest BCUT2D eigenvalue weighted by molar-refractivity contribution is 4.90. The highest BCUT2D eigenvalue weighted by Gasteiger charge is 2.35. The second-order valence-corrected chi connectivity index (χ2v) is 8.21. The monoisotopic (exact) mass is 280 g/mol. The van der Waals surface area contributed by atoms with Gasteiger partial charge < -0.3 is 10.2 Å². The maximum absolute atomic E-state index is 3.73. The summed E-state index contributed by atoms with van der Waals surface area (Å²) < 4.78 is 0. The zero-order valence-electron chi connectivity index (χ0n) is 14.3. The summed E-state index contributed by atoms with van der Waals surface area (Å²) in [6, 6.07) is 0.614. The first-order chi connectivity index (χ1) is 9.49. The van der Waals surface area contributed by atoms with Crippen molar-refractivity contribution in [1.29, 1.82) is 0 Å². The van der Waals surface area contributed by atoms with E-state index in [1.165, 1.54) is 64.6 Å². The Labute approximate surface area is 126 Å². The normalized spacial score (nSPS) is 31.8. The summed E-state index contributed by atoms with van der Waals surface area (Å²) in [5.41, 5.74) is 0.537. The van der Waals surface area contributed by atoms with Crippen LogP contribution in [0.25, 0.3) is 0 Å². The molecule has 118 valence electrons. The third-order valence-electron chi connectivity index (χ3n) is 5.62. The average Bonchev–Trinajstić information content (AvgIpc) is 2.35. The molecule has 0 saturated heterocycles. The molecule has 0 bridgehead atoms. The molecule has 0 radical (unpaired) electrons. The fourth-order valence-electron chi connectivity index (χ4n) is 3.94. The van der Waals surface area contributed by atoms with Gasteiger partial charge in [0, 0.05) is 25.7 Å². The van der Waals surface area contributed by atoms with E-state index >= 15 is 0 Å². The van der Waals surface area contributed by atoms with Crippen molar-refractivity contribution in [3.05, 3.63) is 0 Å². The smallest absolute Gasteiger partial charge is 0.00472 e. The van der Waals surface area contributed by atoms with Gasteiger partial charge >= 0.3 is 0 Å². The van der Waals surface area contributed by atoms with E-state index in [1.807, 2.05) is 0 Å². The fourth-order valence-corrected chi connectivity index (χ4v) is 3.94. The Morgan fingerprint density at radius 1 is 1.15 bits per heavy atom. The molecule has 2 nitrogen and oxygen atoms in total. The Kier molecular flexibility index (Phi) is 5.92. The largest absolute Gasteiger partial charge is 0.314 e. The number of rotatable bonds is 7. The molecule has 2 rings (SSSR count). The van der Waals surface area contributed by atoms with E-state index in [2.05, 4.69) is 38.0 Å². The fraction of sp³-hybridized carbons (Fsp3) is 1.00. The molecule has 0 aromatic rings. The number of nitrogens with one attached hydrogen (secondary N) is 1. The van der Waals surface area contributed by atoms with Gasteiger partial charge in [-0.05, 0) is 50.0 Å². The first-order valence-electron chi connectivity index (χ1n) is 8.91. The van der Waals surface area contributed by atoms with Gasteiger partial charge in [0.2, 0.25) is 0 Å². The summed E-state index contributed by atoms with van der Waals surface area (Å²) in [6.45, 7) is 10.8. The van der Waals surface area contributed by atoms with Crippen molar-refractivity contribution in [3.8, 4) is 0 Å². The summed E-state index contributed by atoms with van der Waals surface area (Å²) >= 11 is 0. The Hall–Kier alpha value is -0.0800. The number of nitrogens with zero attached hydrogens (tertiary/aromatic N) is 1. The molecule has 1 N–H and O–H groups in total. The van der Waals surface area contributed by atoms with Gasteiger partial charge in [0.1, 0.15) is 0 Å². The zero-order valence-corrected chi connectivity index (χ0v) is 14.3. The quantitative estimate of drug-likeness (QED) is 0.760. The molecule has 0 unspecified atom stereocenters. The molecule has 0 amide bonds. The zero-order chi connectivity index (χ0) is 14.6. The van der Waals surface area contributed by atoms with Gasteiger partial charge in [0.05, 0.1) is 0 Å². The van der Waals surface area contributed by atoms with Crippen LogP contribution in [0.4, 0.5) is 0 Å². The lowest BCUT2D eigenvalue weighted by Crippen LogP contribution is -2.47. The SMILES string of the molecule is CC1CCC(CNC(C)C)(CN(C)CC2CCC2)CC1. The first-order valence-corrected chi connectivity index (χ1v) is 8.91. The lowest BCUT2D eigenvalue weighted by molar-refractivity contribution is 0.0807. The molecule has 2 aliphatic carbocycles. The van der Waals surface area contributed by atoms with Gasteiger partial charge in [0.25, 0.3) is 0 Å². The average molecular weight is 280 g/mol. The number of hydrogen-bond donors (Lipinski definition) is 1. The maximum atomic E-state index is 3.73. The molecule has 0 spiro atoms. The second kappa shape index (κ2) is 7.26. The maximum Gasteiger partial charge on any atom is 0.00472 e. The highest BCUT2D eigenvalue weighted by atomic mass is 15.1. The van der Waals surface area contributed by atoms with Crippen LogP contribution in [-0.4, -0.2) is 37.6 Å². The minimum absolute atomic E-state index is 0.537. The molecule has 0 aromatic carbocycles. The molecule has 2 saturated carbocycles. The van der Waals surface area contributed by atoms with E-state index in [-0.39, 0.29) is 0 Å². The van der Waals surface area contributed by atoms with E-state index in [0.29, 0.717) is 11.5 Å². The third-order valence-corrected chi connectivity index (χ3v) is 5.62. The van der Waals surface area contributed by atoms with Crippen LogP contribution in [0, 0.1) is 17.3 Å². The van der Waals surface area contributed by atoms with Gasteiger partial charge in [-0.1, -0.05) is 40.0 Å². The topological polar surface area (TPSA) is 15.3 Å². The Balaban J connectivity index is 1.87. The van der Waals surface area contributed by atoms with Crippen LogP contribution in [-0.2, 0) is 0 Å². The standard InChI is InChI=1S/C18H36N2/c1-15(2)19-13-18(10-8-16(3)9-11-18)14-20(4)12-17-6-5-7-17/h15-17,19H,5-14H2,1-4H3. The second-order valence-electron chi connectivity index (χ2n) is 8.21. The van der Waals surface area contributed by atoms with Gasteiger partial charge in [-0.25, -0.2) is 0 Å². The Bertz CT molecular complexity index is 275. The van der Waals surface area contributed by atoms with Crippen LogP contribution in [0.1, 0.15) is 65.7 Å². The molecule has 0 heterocycles. The molecule has 0 aromatic heterocycles. The molecule has 2 aliphatic rings. The van der Waals surface area contributed by atoms with Crippen LogP contribution in [0.15, 0.2) is 0 Å². The van der Waals surface area contributed by atoms with Crippen molar-refractivity contribution in [3.63, 3.8) is 0 Å². The molecule has 2 heteroatoms. The molecular weight excluding hydrogens is 244 g/mol. The van der Waals surface area contributed by atoms with E-state index in [1.54, 1.807) is 0 Å². The summed E-state index contributed by atoms with van der Waals surface area (Å²) in [5.74, 6) is 1.94. The van der Waals surface area contributed by atoms with Crippen LogP contribution in [0.2, 0.25) is 0 Å². The summed E-state index contributed by atoms with van der Waals surface area (Å²) in [4.78, 5) is 2.64. The predicted octanol–water partition coefficient (Wildman–Crippen LogP) is 3.91. The highest BCUT2D eigenvalue weighted by Crippen LogP contribution is 2.39. The van der Waals surface area contributed by atoms with Gasteiger partial charge in [0.15, 0.2) is 0 Å². The summed E-state index contributed by atoms with van der Waals surface area (Å²) in [6.07, 6.45) is 10.1. The van der Waals surface area contributed by atoms with Crippen molar-refractivity contribution >= 4 is 0 Å². The summed E-state index contributed by atoms with van der Waals surface area (Å²) in [7, 11) is 2.35. The van der Waals surface area contributed by atoms with Crippen molar-refractivity contribution < 1.29 is 0 Å². The Morgan fingerprint density at radius 3 is 2.30 bits per heavy atom. The lowest BCUT2D eigenvalue weighted by Gasteiger charge is -2.43. The van der Waals surface area contributed by atoms with Crippen LogP contribution in [0.5, 0.6) is 0 Å². The molecule has 0 atom stereocenters. The minimum atomic E-state index is 0.537. The van der Waals surface area contributed by atoms with Crippen molar-refractivity contribution in [2.75, 3.05) is 26.7 Å². The van der Waals surface area contributed by atoms with Gasteiger partial charge in [-0.15, -0.1) is 0 Å². The molecular formula is C18H36N2. The van der Waals surface area contributed by atoms with E-state index < -0.39 is 0 Å². The molecule has 20 heavy (non-hydrogen) atoms. The van der Waals surface area contributed by atoms with Crippen molar-refractivity contribution in [2.45, 2.75) is 71.8 Å². The van der Waals surface area contributed by atoms with Crippen molar-refractivity contribution in [1.82, 2.24) is 10.2 Å². The van der Waals surface area contributed by atoms with E-state index in [9.17, 15) is 0 Å².